The van der Waals surface area contributed by atoms with Crippen molar-refractivity contribution in [2.75, 3.05) is 11.4 Å². The number of halogens is 1. The van der Waals surface area contributed by atoms with Crippen molar-refractivity contribution >= 4 is 45.1 Å². The van der Waals surface area contributed by atoms with E-state index in [0.717, 1.165) is 17.1 Å². The number of thioether (sulfide) groups is 1. The second-order valence-electron chi connectivity index (χ2n) is 5.48. The van der Waals surface area contributed by atoms with E-state index in [2.05, 4.69) is 20.8 Å². The Hall–Kier alpha value is -1.99. The molecule has 1 atom stereocenters. The molecule has 0 aliphatic carbocycles. The van der Waals surface area contributed by atoms with Gasteiger partial charge in [-0.15, -0.1) is 0 Å². The topological polar surface area (TPSA) is 55.6 Å². The van der Waals surface area contributed by atoms with Gasteiger partial charge in [0.05, 0.1) is 10.6 Å². The molecule has 2 aliphatic heterocycles. The van der Waals surface area contributed by atoms with Crippen LogP contribution in [0, 0.1) is 10.1 Å². The maximum absolute atomic E-state index is 11.5. The molecule has 0 saturated carbocycles. The van der Waals surface area contributed by atoms with Crippen molar-refractivity contribution < 1.29 is 9.66 Å². The Labute approximate surface area is 151 Å². The number of benzene rings is 2. The van der Waals surface area contributed by atoms with Gasteiger partial charge in [-0.1, -0.05) is 28.1 Å². The van der Waals surface area contributed by atoms with Crippen LogP contribution in [-0.4, -0.2) is 16.5 Å². The van der Waals surface area contributed by atoms with Crippen LogP contribution >= 0.6 is 27.7 Å². The van der Waals surface area contributed by atoms with Crippen LogP contribution in [0.1, 0.15) is 12.5 Å². The molecule has 122 valence electrons. The first kappa shape index (κ1) is 15.5. The van der Waals surface area contributed by atoms with Crippen LogP contribution < -0.4 is 9.64 Å². The van der Waals surface area contributed by atoms with Crippen LogP contribution in [0.3, 0.4) is 0 Å². The summed E-state index contributed by atoms with van der Waals surface area (Å²) in [5, 5.41) is 10.7. The number of fused-ring (bicyclic) bond motifs is 2. The minimum atomic E-state index is -0.788. The van der Waals surface area contributed by atoms with E-state index < -0.39 is 9.98 Å². The van der Waals surface area contributed by atoms with Gasteiger partial charge in [0, 0.05) is 27.5 Å². The molecule has 1 unspecified atom stereocenters. The van der Waals surface area contributed by atoms with E-state index in [1.54, 1.807) is 11.8 Å². The molecule has 0 bridgehead atoms. The Morgan fingerprint density at radius 3 is 2.92 bits per heavy atom. The van der Waals surface area contributed by atoms with Crippen LogP contribution in [0.25, 0.3) is 6.08 Å². The molecule has 2 heterocycles. The lowest BCUT2D eigenvalue weighted by Crippen LogP contribution is -2.47. The molecule has 5 nitrogen and oxygen atoms in total. The first-order valence-corrected chi connectivity index (χ1v) is 9.07. The second kappa shape index (κ2) is 5.53. The normalized spacial score (nSPS) is 20.7. The van der Waals surface area contributed by atoms with Gasteiger partial charge in [0.25, 0.3) is 5.06 Å². The molecule has 7 heteroatoms. The van der Waals surface area contributed by atoms with Gasteiger partial charge in [-0.2, -0.15) is 0 Å². The van der Waals surface area contributed by atoms with E-state index in [0.29, 0.717) is 15.8 Å². The van der Waals surface area contributed by atoms with Gasteiger partial charge in [0.15, 0.2) is 0 Å². The van der Waals surface area contributed by atoms with Crippen molar-refractivity contribution in [2.45, 2.75) is 16.9 Å². The summed E-state index contributed by atoms with van der Waals surface area (Å²) in [6.45, 7) is 2.78. The minimum Gasteiger partial charge on any atom is -0.447 e. The quantitative estimate of drug-likeness (QED) is 0.517. The number of hydrogen-bond acceptors (Lipinski definition) is 5. The maximum atomic E-state index is 11.5. The Morgan fingerprint density at radius 2 is 2.17 bits per heavy atom. The molecule has 4 rings (SSSR count). The summed E-state index contributed by atoms with van der Waals surface area (Å²) in [7, 11) is 0. The highest BCUT2D eigenvalue weighted by molar-refractivity contribution is 9.10. The summed E-state index contributed by atoms with van der Waals surface area (Å²) in [5.74, 6) is 0.310. The monoisotopic (exact) mass is 404 g/mol. The second-order valence-corrected chi connectivity index (χ2v) is 7.63. The number of rotatable bonds is 2. The molecular weight excluding hydrogens is 392 g/mol. The fourth-order valence-corrected chi connectivity index (χ4v) is 4.89. The van der Waals surface area contributed by atoms with Gasteiger partial charge in [-0.25, -0.2) is 0 Å². The summed E-state index contributed by atoms with van der Waals surface area (Å²) in [4.78, 5) is 14.3. The SMILES string of the molecule is CCN1c2ccccc2SC12C=Cc1cc(Br)cc([N+](=O)[O-])c1O2. The van der Waals surface area contributed by atoms with E-state index in [1.165, 1.54) is 6.07 Å². The lowest BCUT2D eigenvalue weighted by Gasteiger charge is -2.38. The molecule has 2 aliphatic rings. The van der Waals surface area contributed by atoms with Crippen LogP contribution in [0.2, 0.25) is 0 Å². The third-order valence-corrected chi connectivity index (χ3v) is 5.84. The zero-order valence-electron chi connectivity index (χ0n) is 12.7. The summed E-state index contributed by atoms with van der Waals surface area (Å²) < 4.78 is 6.91. The smallest absolute Gasteiger partial charge is 0.312 e. The molecule has 0 aromatic heterocycles. The molecular formula is C17H13BrN2O3S. The number of para-hydroxylation sites is 1. The van der Waals surface area contributed by atoms with Crippen molar-refractivity contribution in [2.24, 2.45) is 0 Å². The molecule has 0 saturated heterocycles. The number of hydrogen-bond donors (Lipinski definition) is 0. The lowest BCUT2D eigenvalue weighted by molar-refractivity contribution is -0.386. The Kier molecular flexibility index (Phi) is 3.58. The van der Waals surface area contributed by atoms with Gasteiger partial charge >= 0.3 is 5.69 Å². The zero-order valence-corrected chi connectivity index (χ0v) is 15.1. The standard InChI is InChI=1S/C17H13BrN2O3S/c1-2-19-13-5-3-4-6-15(13)24-17(19)8-7-11-9-12(18)10-14(20(21)22)16(11)23-17/h3-10H,2H2,1H3. The van der Waals surface area contributed by atoms with Crippen LogP contribution in [0.4, 0.5) is 11.4 Å². The zero-order chi connectivity index (χ0) is 16.9. The molecule has 1 spiro atoms. The number of anilines is 1. The van der Waals surface area contributed by atoms with E-state index >= 15 is 0 Å². The lowest BCUT2D eigenvalue weighted by atomic mass is 10.1. The first-order chi connectivity index (χ1) is 11.5. The molecule has 2 aromatic carbocycles. The number of likely N-dealkylation sites (N-methyl/N-ethyl adjacent to an activating group) is 1. The summed E-state index contributed by atoms with van der Waals surface area (Å²) in [6, 6.07) is 11.4. The molecule has 0 radical (unpaired) electrons. The van der Waals surface area contributed by atoms with Crippen molar-refractivity contribution in [3.05, 3.63) is 62.6 Å². The highest BCUT2D eigenvalue weighted by Gasteiger charge is 2.47. The minimum absolute atomic E-state index is 0.0318. The summed E-state index contributed by atoms with van der Waals surface area (Å²) in [6.07, 6.45) is 3.87. The third-order valence-electron chi connectivity index (χ3n) is 4.09. The first-order valence-electron chi connectivity index (χ1n) is 7.46. The van der Waals surface area contributed by atoms with Gasteiger partial charge in [0.1, 0.15) is 0 Å². The van der Waals surface area contributed by atoms with Gasteiger partial charge in [0.2, 0.25) is 5.75 Å². The highest BCUT2D eigenvalue weighted by Crippen LogP contribution is 2.54. The summed E-state index contributed by atoms with van der Waals surface area (Å²) in [5.41, 5.74) is 1.75. The average molecular weight is 405 g/mol. The van der Waals surface area contributed by atoms with Crippen LogP contribution in [-0.2, 0) is 0 Å². The molecule has 24 heavy (non-hydrogen) atoms. The summed E-state index contributed by atoms with van der Waals surface area (Å²) >= 11 is 4.89. The van der Waals surface area contributed by atoms with Gasteiger partial charge in [-0.3, -0.25) is 10.1 Å². The van der Waals surface area contributed by atoms with Crippen LogP contribution in [0.5, 0.6) is 5.75 Å². The van der Waals surface area contributed by atoms with E-state index in [-0.39, 0.29) is 5.69 Å². The number of nitro groups is 1. The highest BCUT2D eigenvalue weighted by atomic mass is 79.9. The van der Waals surface area contributed by atoms with Gasteiger partial charge < -0.3 is 9.64 Å². The maximum Gasteiger partial charge on any atom is 0.312 e. The molecule has 0 amide bonds. The number of nitrogens with zero attached hydrogens (tertiary/aromatic N) is 2. The van der Waals surface area contributed by atoms with Crippen molar-refractivity contribution in [3.63, 3.8) is 0 Å². The third kappa shape index (κ3) is 2.22. The van der Waals surface area contributed by atoms with Crippen molar-refractivity contribution in [3.8, 4) is 5.75 Å². The van der Waals surface area contributed by atoms with Crippen molar-refractivity contribution in [1.29, 1.82) is 0 Å². The predicted molar refractivity (Wildman–Crippen MR) is 98.5 cm³/mol. The predicted octanol–water partition coefficient (Wildman–Crippen LogP) is 5.05. The molecule has 2 aromatic rings. The van der Waals surface area contributed by atoms with Crippen molar-refractivity contribution in [1.82, 2.24) is 0 Å². The van der Waals surface area contributed by atoms with Crippen LogP contribution in [0.15, 0.2) is 51.8 Å². The van der Waals surface area contributed by atoms with Gasteiger partial charge in [-0.05, 0) is 49.0 Å². The molecule has 0 N–H and O–H groups in total. The Balaban J connectivity index is 1.85. The van der Waals surface area contributed by atoms with E-state index in [4.69, 9.17) is 4.74 Å². The van der Waals surface area contributed by atoms with E-state index in [1.807, 2.05) is 49.4 Å². The fraction of sp³-hybridized carbons (Fsp3) is 0.176. The fourth-order valence-electron chi connectivity index (χ4n) is 3.08. The number of nitro benzene ring substituents is 1. The largest absolute Gasteiger partial charge is 0.447 e. The number of ether oxygens (including phenoxy) is 1. The average Bonchev–Trinajstić information content (AvgIpc) is 2.86. The Bertz CT molecular complexity index is 886. The Morgan fingerprint density at radius 1 is 1.38 bits per heavy atom. The van der Waals surface area contributed by atoms with E-state index in [9.17, 15) is 10.1 Å². The molecule has 0 fully saturated rings.